The van der Waals surface area contributed by atoms with Gasteiger partial charge in [-0.1, -0.05) is 24.2 Å². The Balaban J connectivity index is 2.48. The van der Waals surface area contributed by atoms with Crippen molar-refractivity contribution in [3.8, 4) is 0 Å². The number of rotatable bonds is 1. The highest BCUT2D eigenvalue weighted by Gasteiger charge is 2.34. The van der Waals surface area contributed by atoms with E-state index in [4.69, 9.17) is 12.2 Å². The normalized spacial score (nSPS) is 25.4. The second kappa shape index (κ2) is 3.83. The Morgan fingerprint density at radius 1 is 1.67 bits per heavy atom. The molecule has 1 aromatic heterocycles. The summed E-state index contributed by atoms with van der Waals surface area (Å²) >= 11 is 5.03. The summed E-state index contributed by atoms with van der Waals surface area (Å²) in [6.07, 6.45) is 1.69. The second-order valence-corrected chi connectivity index (χ2v) is 5.70. The van der Waals surface area contributed by atoms with Crippen LogP contribution in [0.3, 0.4) is 0 Å². The Morgan fingerprint density at radius 2 is 2.40 bits per heavy atom. The van der Waals surface area contributed by atoms with Gasteiger partial charge in [0.1, 0.15) is 9.57 Å². The molecule has 1 amide bonds. The molecule has 0 radical (unpaired) electrons. The van der Waals surface area contributed by atoms with Crippen LogP contribution in [0.25, 0.3) is 0 Å². The Morgan fingerprint density at radius 3 is 2.93 bits per heavy atom. The molecule has 0 aromatic carbocycles. The molecule has 2 atom stereocenters. The zero-order valence-corrected chi connectivity index (χ0v) is 9.82. The van der Waals surface area contributed by atoms with E-state index in [0.29, 0.717) is 4.32 Å². The molecule has 78 valence electrons. The van der Waals surface area contributed by atoms with E-state index in [0.717, 1.165) is 11.3 Å². The second-order valence-electron chi connectivity index (χ2n) is 3.29. The molecular formula is C10H10N2OS2. The van der Waals surface area contributed by atoms with Crippen LogP contribution in [0.1, 0.15) is 16.5 Å². The molecule has 0 bridgehead atoms. The minimum absolute atomic E-state index is 0.0832. The SMILES string of the molecule is C=S1C(=S)NC(=O)C1c1ncccc1C. The van der Waals surface area contributed by atoms with Gasteiger partial charge >= 0.3 is 0 Å². The monoisotopic (exact) mass is 238 g/mol. The van der Waals surface area contributed by atoms with Crippen molar-refractivity contribution in [2.75, 3.05) is 0 Å². The van der Waals surface area contributed by atoms with E-state index >= 15 is 0 Å². The molecule has 15 heavy (non-hydrogen) atoms. The molecular weight excluding hydrogens is 228 g/mol. The van der Waals surface area contributed by atoms with Crippen LogP contribution in [0.4, 0.5) is 0 Å². The Labute approximate surface area is 95.8 Å². The summed E-state index contributed by atoms with van der Waals surface area (Å²) in [4.78, 5) is 15.9. The number of nitrogens with zero attached hydrogens (tertiary/aromatic N) is 1. The summed E-state index contributed by atoms with van der Waals surface area (Å²) < 4.78 is 0.537. The topological polar surface area (TPSA) is 42.0 Å². The first kappa shape index (κ1) is 10.4. The Hall–Kier alpha value is -1.07. The number of pyridine rings is 1. The Bertz CT molecular complexity index is 470. The van der Waals surface area contributed by atoms with E-state index in [-0.39, 0.29) is 11.2 Å². The molecule has 2 heterocycles. The maximum absolute atomic E-state index is 11.7. The van der Waals surface area contributed by atoms with E-state index in [1.807, 2.05) is 19.1 Å². The third-order valence-electron chi connectivity index (χ3n) is 2.28. The number of thiocarbonyl (C=S) groups is 1. The summed E-state index contributed by atoms with van der Waals surface area (Å²) in [6.45, 7) is 1.94. The number of nitrogens with one attached hydrogen (secondary N) is 1. The van der Waals surface area contributed by atoms with Gasteiger partial charge in [-0.05, 0) is 18.6 Å². The fourth-order valence-corrected chi connectivity index (χ4v) is 3.17. The number of hydrogen-bond donors (Lipinski definition) is 1. The minimum atomic E-state index is -0.488. The lowest BCUT2D eigenvalue weighted by Crippen LogP contribution is -2.21. The molecule has 1 saturated heterocycles. The van der Waals surface area contributed by atoms with Crippen molar-refractivity contribution in [2.24, 2.45) is 0 Å². The first-order chi connectivity index (χ1) is 7.11. The zero-order valence-electron chi connectivity index (χ0n) is 8.19. The highest BCUT2D eigenvalue weighted by molar-refractivity contribution is 8.34. The first-order valence-electron chi connectivity index (χ1n) is 4.40. The van der Waals surface area contributed by atoms with Gasteiger partial charge in [-0.25, -0.2) is 0 Å². The van der Waals surface area contributed by atoms with E-state index in [1.165, 1.54) is 0 Å². The number of hydrogen-bond acceptors (Lipinski definition) is 3. The summed E-state index contributed by atoms with van der Waals surface area (Å²) in [5, 5.41) is 2.34. The first-order valence-corrected chi connectivity index (χ1v) is 6.27. The third-order valence-corrected chi connectivity index (χ3v) is 4.61. The lowest BCUT2D eigenvalue weighted by atomic mass is 10.1. The molecule has 5 heteroatoms. The smallest absolute Gasteiger partial charge is 0.244 e. The van der Waals surface area contributed by atoms with Gasteiger partial charge in [0.25, 0.3) is 0 Å². The molecule has 2 rings (SSSR count). The highest BCUT2D eigenvalue weighted by Crippen LogP contribution is 2.39. The van der Waals surface area contributed by atoms with Crippen molar-refractivity contribution >= 4 is 38.8 Å². The lowest BCUT2D eigenvalue weighted by molar-refractivity contribution is -0.118. The lowest BCUT2D eigenvalue weighted by Gasteiger charge is -2.10. The summed E-state index contributed by atoms with van der Waals surface area (Å²) in [5.41, 5.74) is 1.79. The van der Waals surface area contributed by atoms with Crippen LogP contribution in [-0.4, -0.2) is 21.1 Å². The van der Waals surface area contributed by atoms with Crippen molar-refractivity contribution in [2.45, 2.75) is 12.2 Å². The molecule has 3 nitrogen and oxygen atoms in total. The van der Waals surface area contributed by atoms with Gasteiger partial charge in [0.05, 0.1) is 5.69 Å². The molecule has 0 aliphatic carbocycles. The third kappa shape index (κ3) is 1.72. The van der Waals surface area contributed by atoms with Crippen LogP contribution in [0.5, 0.6) is 0 Å². The number of aromatic nitrogens is 1. The van der Waals surface area contributed by atoms with Gasteiger partial charge in [0, 0.05) is 6.20 Å². The van der Waals surface area contributed by atoms with Crippen LogP contribution in [0, 0.1) is 6.92 Å². The van der Waals surface area contributed by atoms with Gasteiger partial charge in [0.15, 0.2) is 0 Å². The summed E-state index contributed by atoms with van der Waals surface area (Å²) in [6, 6.07) is 3.79. The predicted octanol–water partition coefficient (Wildman–Crippen LogP) is 1.55. The van der Waals surface area contributed by atoms with Crippen molar-refractivity contribution in [3.05, 3.63) is 29.6 Å². The predicted molar refractivity (Wildman–Crippen MR) is 67.2 cm³/mol. The molecule has 1 N–H and O–H groups in total. The summed E-state index contributed by atoms with van der Waals surface area (Å²) in [7, 11) is -0.488. The van der Waals surface area contributed by atoms with Crippen LogP contribution < -0.4 is 5.32 Å². The molecule has 1 aromatic rings. The van der Waals surface area contributed by atoms with Gasteiger partial charge in [0.2, 0.25) is 5.91 Å². The average Bonchev–Trinajstić information content (AvgIpc) is 2.43. The van der Waals surface area contributed by atoms with Crippen molar-refractivity contribution in [3.63, 3.8) is 0 Å². The van der Waals surface area contributed by atoms with E-state index in [9.17, 15) is 4.79 Å². The number of aryl methyl sites for hydroxylation is 1. The minimum Gasteiger partial charge on any atom is -0.311 e. The van der Waals surface area contributed by atoms with Crippen LogP contribution in [0.15, 0.2) is 18.3 Å². The highest BCUT2D eigenvalue weighted by atomic mass is 32.2. The quantitative estimate of drug-likeness (QED) is 0.755. The van der Waals surface area contributed by atoms with Gasteiger partial charge < -0.3 is 5.32 Å². The van der Waals surface area contributed by atoms with Gasteiger partial charge in [-0.15, -0.1) is 10.5 Å². The van der Waals surface area contributed by atoms with Crippen molar-refractivity contribution in [1.82, 2.24) is 10.3 Å². The zero-order chi connectivity index (χ0) is 11.0. The van der Waals surface area contributed by atoms with Gasteiger partial charge in [-0.2, -0.15) is 0 Å². The number of amides is 1. The van der Waals surface area contributed by atoms with Crippen LogP contribution in [0.2, 0.25) is 0 Å². The average molecular weight is 238 g/mol. The number of carbonyl (C=O) groups is 1. The van der Waals surface area contributed by atoms with Crippen LogP contribution in [-0.2, 0) is 4.79 Å². The van der Waals surface area contributed by atoms with E-state index in [2.05, 4.69) is 16.2 Å². The standard InChI is InChI=1S/C10H10N2OS2/c1-6-4-3-5-11-7(6)8-9(13)12-10(14)15(8)2/h3-5,8H,2H2,1H3,(H,12,13,14). The van der Waals surface area contributed by atoms with E-state index < -0.39 is 10.5 Å². The molecule has 1 fully saturated rings. The van der Waals surface area contributed by atoms with Crippen molar-refractivity contribution < 1.29 is 4.79 Å². The molecule has 1 aliphatic rings. The fourth-order valence-electron chi connectivity index (χ4n) is 1.50. The van der Waals surface area contributed by atoms with Gasteiger partial charge in [-0.3, -0.25) is 9.78 Å². The van der Waals surface area contributed by atoms with Crippen molar-refractivity contribution in [1.29, 1.82) is 0 Å². The van der Waals surface area contributed by atoms with Crippen LogP contribution >= 0.6 is 22.7 Å². The molecule has 2 unspecified atom stereocenters. The number of carbonyl (C=O) groups excluding carboxylic acids is 1. The maximum Gasteiger partial charge on any atom is 0.244 e. The fraction of sp³-hybridized carbons (Fsp3) is 0.200. The molecule has 0 spiro atoms. The maximum atomic E-state index is 11.7. The van der Waals surface area contributed by atoms with E-state index in [1.54, 1.807) is 6.20 Å². The Kier molecular flexibility index (Phi) is 2.67. The summed E-state index contributed by atoms with van der Waals surface area (Å²) in [5.74, 6) is 3.85. The largest absolute Gasteiger partial charge is 0.311 e. The molecule has 0 saturated carbocycles. The molecule has 1 aliphatic heterocycles.